The van der Waals surface area contributed by atoms with Crippen LogP contribution in [0.4, 0.5) is 10.1 Å². The van der Waals surface area contributed by atoms with Gasteiger partial charge in [-0.05, 0) is 113 Å². The Kier molecular flexibility index (Phi) is 18.9. The van der Waals surface area contributed by atoms with Crippen molar-refractivity contribution in [3.05, 3.63) is 146 Å². The van der Waals surface area contributed by atoms with Gasteiger partial charge in [0, 0.05) is 42.9 Å². The highest BCUT2D eigenvalue weighted by Crippen LogP contribution is 2.29. The Morgan fingerprint density at radius 2 is 1.53 bits per heavy atom. The van der Waals surface area contributed by atoms with Gasteiger partial charge < -0.3 is 14.2 Å². The van der Waals surface area contributed by atoms with Crippen LogP contribution in [0.2, 0.25) is 10.0 Å². The van der Waals surface area contributed by atoms with E-state index in [0.717, 1.165) is 41.1 Å². The molecule has 0 atom stereocenters. The van der Waals surface area contributed by atoms with Crippen molar-refractivity contribution >= 4 is 28.9 Å². The zero-order valence-electron chi connectivity index (χ0n) is 31.2. The second-order valence-corrected chi connectivity index (χ2v) is 13.0. The maximum atomic E-state index is 13.7. The van der Waals surface area contributed by atoms with Gasteiger partial charge in [-0.3, -0.25) is 4.68 Å². The number of aryl methyl sites for hydroxylation is 4. The van der Waals surface area contributed by atoms with Gasteiger partial charge in [0.05, 0.1) is 18.4 Å². The van der Waals surface area contributed by atoms with E-state index in [-0.39, 0.29) is 17.5 Å². The summed E-state index contributed by atoms with van der Waals surface area (Å²) in [4.78, 5) is 3.16. The van der Waals surface area contributed by atoms with Crippen LogP contribution in [0.1, 0.15) is 67.3 Å². The Bertz CT molecular complexity index is 1810. The molecule has 0 saturated carbocycles. The molecule has 0 spiro atoms. The molecular weight excluding hydrogens is 684 g/mol. The summed E-state index contributed by atoms with van der Waals surface area (Å²) in [6.07, 6.45) is 3.48. The van der Waals surface area contributed by atoms with Gasteiger partial charge in [0.25, 0.3) is 0 Å². The molecule has 0 aliphatic rings. The van der Waals surface area contributed by atoms with Gasteiger partial charge in [-0.25, -0.2) is 9.24 Å². The predicted octanol–water partition coefficient (Wildman–Crippen LogP) is 12.6. The van der Waals surface area contributed by atoms with Crippen molar-refractivity contribution in [2.45, 2.75) is 73.8 Å². The van der Waals surface area contributed by atoms with E-state index in [1.165, 1.54) is 47.4 Å². The minimum absolute atomic E-state index is 0.0925. The van der Waals surface area contributed by atoms with E-state index in [0.29, 0.717) is 10.8 Å². The molecule has 0 N–H and O–H groups in total. The zero-order valence-corrected chi connectivity index (χ0v) is 32.7. The van der Waals surface area contributed by atoms with Gasteiger partial charge in [0.1, 0.15) is 11.5 Å². The number of ether oxygens (including phenoxy) is 3. The number of halogens is 3. The number of aromatic nitrogens is 2. The second-order valence-electron chi connectivity index (χ2n) is 12.1. The van der Waals surface area contributed by atoms with Gasteiger partial charge in [-0.2, -0.15) is 5.10 Å². The molecule has 5 rings (SSSR count). The third-order valence-electron chi connectivity index (χ3n) is 7.46. The molecule has 0 aliphatic heterocycles. The van der Waals surface area contributed by atoms with E-state index >= 15 is 0 Å². The van der Waals surface area contributed by atoms with Crippen molar-refractivity contribution < 1.29 is 18.6 Å². The van der Waals surface area contributed by atoms with Gasteiger partial charge in [0.2, 0.25) is 0 Å². The second kappa shape index (κ2) is 22.5. The minimum atomic E-state index is -0.555. The van der Waals surface area contributed by atoms with E-state index in [4.69, 9.17) is 44.0 Å². The van der Waals surface area contributed by atoms with E-state index in [2.05, 4.69) is 61.9 Å². The third kappa shape index (κ3) is 15.6. The molecule has 0 aliphatic carbocycles. The molecule has 0 amide bonds. The normalized spacial score (nSPS) is 10.1. The van der Waals surface area contributed by atoms with Crippen LogP contribution in [0.25, 0.3) is 4.85 Å². The van der Waals surface area contributed by atoms with Crippen LogP contribution in [0.15, 0.2) is 84.9 Å². The molecule has 6 nitrogen and oxygen atoms in total. The molecule has 0 radical (unpaired) electrons. The largest absolute Gasteiger partial charge is 0.491 e. The van der Waals surface area contributed by atoms with E-state index in [1.807, 2.05) is 44.6 Å². The highest BCUT2D eigenvalue weighted by Gasteiger charge is 2.09. The molecule has 9 heteroatoms. The number of methoxy groups -OCH3 is 1. The predicted molar refractivity (Wildman–Crippen MR) is 210 cm³/mol. The van der Waals surface area contributed by atoms with E-state index in [9.17, 15) is 4.39 Å². The Balaban J connectivity index is 0.000000258. The van der Waals surface area contributed by atoms with Crippen LogP contribution < -0.4 is 9.47 Å². The molecule has 0 bridgehead atoms. The molecule has 0 unspecified atom stereocenters. The van der Waals surface area contributed by atoms with Crippen LogP contribution in [0.3, 0.4) is 0 Å². The van der Waals surface area contributed by atoms with Crippen molar-refractivity contribution in [3.63, 3.8) is 0 Å². The van der Waals surface area contributed by atoms with Gasteiger partial charge in [-0.1, -0.05) is 78.5 Å². The average Bonchev–Trinajstić information content (AvgIpc) is 3.34. The molecular formula is C42H50Cl2FN3O3. The Labute approximate surface area is 313 Å². The van der Waals surface area contributed by atoms with Gasteiger partial charge in [-0.15, -0.1) is 0 Å². The molecule has 4 aromatic carbocycles. The highest BCUT2D eigenvalue weighted by molar-refractivity contribution is 6.35. The first kappa shape index (κ1) is 42.8. The standard InChI is InChI=1S/C16H14FNO2.C14H18N2.C7H6Cl2.C5H12O/c1-11(2)19-13-5-7-14(8-6-13)20-16-9-4-12(18-3)10-15(16)17;1-10-5-7-13(8-6-10)9-14-11(2)12(3)15-16(14)4;1-5-2-3-6(8)4-7(5)9;1-3-4-5-6-2/h4-11H,1-2H3;5-8H,9H2,1-4H3;2-4H,1H3;3-5H2,1-2H3. The maximum Gasteiger partial charge on any atom is 0.190 e. The van der Waals surface area contributed by atoms with Crippen molar-refractivity contribution in [2.75, 3.05) is 13.7 Å². The first-order chi connectivity index (χ1) is 24.3. The van der Waals surface area contributed by atoms with Crippen LogP contribution in [-0.2, 0) is 18.2 Å². The quantitative estimate of drug-likeness (QED) is 0.112. The zero-order chi connectivity index (χ0) is 37.9. The topological polar surface area (TPSA) is 49.9 Å². The maximum absolute atomic E-state index is 13.7. The number of hydrogen-bond donors (Lipinski definition) is 0. The number of rotatable bonds is 9. The Morgan fingerprint density at radius 3 is 2.00 bits per heavy atom. The minimum Gasteiger partial charge on any atom is -0.491 e. The first-order valence-electron chi connectivity index (χ1n) is 16.8. The summed E-state index contributed by atoms with van der Waals surface area (Å²) in [6, 6.07) is 25.2. The lowest BCUT2D eigenvalue weighted by atomic mass is 10.0. The van der Waals surface area contributed by atoms with Crippen LogP contribution in [0, 0.1) is 40.1 Å². The summed E-state index contributed by atoms with van der Waals surface area (Å²) in [5.41, 5.74) is 7.70. The first-order valence-corrected chi connectivity index (χ1v) is 17.6. The summed E-state index contributed by atoms with van der Waals surface area (Å²) < 4.78 is 31.4. The smallest absolute Gasteiger partial charge is 0.190 e. The van der Waals surface area contributed by atoms with E-state index in [1.54, 1.807) is 37.4 Å². The van der Waals surface area contributed by atoms with Crippen molar-refractivity contribution in [2.24, 2.45) is 7.05 Å². The van der Waals surface area contributed by atoms with Crippen LogP contribution in [-0.4, -0.2) is 29.6 Å². The number of hydrogen-bond acceptors (Lipinski definition) is 4. The van der Waals surface area contributed by atoms with Crippen LogP contribution in [0.5, 0.6) is 17.2 Å². The fourth-order valence-electron chi connectivity index (χ4n) is 4.44. The molecule has 51 heavy (non-hydrogen) atoms. The van der Waals surface area contributed by atoms with Crippen molar-refractivity contribution in [3.8, 4) is 17.2 Å². The van der Waals surface area contributed by atoms with Crippen molar-refractivity contribution in [1.82, 2.24) is 9.78 Å². The van der Waals surface area contributed by atoms with E-state index < -0.39 is 5.82 Å². The fourth-order valence-corrected chi connectivity index (χ4v) is 4.85. The lowest BCUT2D eigenvalue weighted by molar-refractivity contribution is 0.194. The molecule has 1 aromatic heterocycles. The lowest BCUT2D eigenvalue weighted by Gasteiger charge is -2.11. The van der Waals surface area contributed by atoms with Gasteiger partial charge in [0.15, 0.2) is 17.3 Å². The van der Waals surface area contributed by atoms with Gasteiger partial charge >= 0.3 is 0 Å². The molecule has 1 heterocycles. The van der Waals surface area contributed by atoms with Crippen LogP contribution >= 0.6 is 23.2 Å². The number of benzene rings is 4. The fraction of sp³-hybridized carbons (Fsp3) is 0.333. The molecule has 5 aromatic rings. The Hall–Kier alpha value is -4.35. The Morgan fingerprint density at radius 1 is 0.882 bits per heavy atom. The molecule has 272 valence electrons. The highest BCUT2D eigenvalue weighted by atomic mass is 35.5. The summed E-state index contributed by atoms with van der Waals surface area (Å²) >= 11 is 11.4. The number of nitrogens with zero attached hydrogens (tertiary/aromatic N) is 3. The molecule has 0 saturated heterocycles. The summed E-state index contributed by atoms with van der Waals surface area (Å²) in [5.74, 6) is 0.780. The molecule has 0 fully saturated rings. The average molecular weight is 735 g/mol. The summed E-state index contributed by atoms with van der Waals surface area (Å²) in [7, 11) is 3.75. The third-order valence-corrected chi connectivity index (χ3v) is 8.10. The summed E-state index contributed by atoms with van der Waals surface area (Å²) in [6.45, 7) is 22.0. The van der Waals surface area contributed by atoms with Crippen molar-refractivity contribution in [1.29, 1.82) is 0 Å². The lowest BCUT2D eigenvalue weighted by Crippen LogP contribution is -2.05. The number of unbranched alkanes of at least 4 members (excludes halogenated alkanes) is 1. The monoisotopic (exact) mass is 733 g/mol. The SMILES string of the molecule is CCCCOC.Cc1ccc(Cc2c(C)c(C)nn2C)cc1.Cc1ccc(Cl)cc1Cl.[C-]#[N+]c1ccc(Oc2ccc(OC(C)C)cc2)c(F)c1. The summed E-state index contributed by atoms with van der Waals surface area (Å²) in [5, 5.41) is 5.85.